The summed E-state index contributed by atoms with van der Waals surface area (Å²) < 4.78 is 27.4. The van der Waals surface area contributed by atoms with Crippen LogP contribution >= 0.6 is 11.6 Å². The Morgan fingerprint density at radius 2 is 2.12 bits per heavy atom. The van der Waals surface area contributed by atoms with Crippen molar-refractivity contribution in [3.63, 3.8) is 0 Å². The van der Waals surface area contributed by atoms with Gasteiger partial charge in [-0.3, -0.25) is 9.80 Å². The second-order valence-corrected chi connectivity index (χ2v) is 5.48. The zero-order valence-electron chi connectivity index (χ0n) is 9.88. The first-order valence-electron chi connectivity index (χ1n) is 5.09. The van der Waals surface area contributed by atoms with E-state index in [1.165, 1.54) is 0 Å². The topological polar surface area (TPSA) is 46.3 Å². The minimum Gasteiger partial charge on any atom is -0.275 e. The Hall–Kier alpha value is -0.940. The van der Waals surface area contributed by atoms with Crippen LogP contribution in [0.3, 0.4) is 0 Å². The number of allylic oxidation sites excluding steroid dienone is 3. The van der Waals surface area contributed by atoms with Crippen molar-refractivity contribution in [3.8, 4) is 0 Å². The SMILES string of the molecule is CC(C)(C)N(N)C(=O)C1C(F)=CC=CC1(F)Cl. The normalized spacial score (nSPS) is 28.9. The molecule has 0 saturated carbocycles. The highest BCUT2D eigenvalue weighted by molar-refractivity contribution is 6.26. The summed E-state index contributed by atoms with van der Waals surface area (Å²) in [6.07, 6.45) is 3.06. The van der Waals surface area contributed by atoms with Crippen molar-refractivity contribution in [1.82, 2.24) is 5.01 Å². The quantitative estimate of drug-likeness (QED) is 0.342. The van der Waals surface area contributed by atoms with Crippen molar-refractivity contribution in [2.24, 2.45) is 11.8 Å². The van der Waals surface area contributed by atoms with Crippen molar-refractivity contribution in [2.45, 2.75) is 31.4 Å². The Labute approximate surface area is 104 Å². The van der Waals surface area contributed by atoms with Crippen LogP contribution in [0.15, 0.2) is 24.1 Å². The predicted octanol–water partition coefficient (Wildman–Crippen LogP) is 2.43. The fraction of sp³-hybridized carbons (Fsp3) is 0.545. The summed E-state index contributed by atoms with van der Waals surface area (Å²) >= 11 is 5.48. The monoisotopic (exact) mass is 264 g/mol. The number of carbonyl (C=O) groups excluding carboxylic acids is 1. The van der Waals surface area contributed by atoms with Gasteiger partial charge in [0.25, 0.3) is 5.91 Å². The van der Waals surface area contributed by atoms with E-state index in [1.807, 2.05) is 0 Å². The molecule has 2 atom stereocenters. The molecule has 0 radical (unpaired) electrons. The fourth-order valence-electron chi connectivity index (χ4n) is 1.40. The lowest BCUT2D eigenvalue weighted by Gasteiger charge is -2.36. The first-order valence-corrected chi connectivity index (χ1v) is 5.46. The van der Waals surface area contributed by atoms with Crippen LogP contribution in [-0.2, 0) is 4.79 Å². The fourth-order valence-corrected chi connectivity index (χ4v) is 1.67. The van der Waals surface area contributed by atoms with E-state index in [1.54, 1.807) is 20.8 Å². The van der Waals surface area contributed by atoms with Crippen molar-refractivity contribution in [3.05, 3.63) is 24.1 Å². The Bertz CT molecular complexity index is 385. The maximum atomic E-state index is 13.9. The highest BCUT2D eigenvalue weighted by Crippen LogP contribution is 2.39. The summed E-state index contributed by atoms with van der Waals surface area (Å²) in [5.74, 6) is 1.98. The van der Waals surface area contributed by atoms with Gasteiger partial charge < -0.3 is 0 Å². The molecule has 96 valence electrons. The smallest absolute Gasteiger partial charge is 0.251 e. The van der Waals surface area contributed by atoms with Crippen molar-refractivity contribution in [1.29, 1.82) is 0 Å². The second kappa shape index (κ2) is 4.38. The molecule has 0 heterocycles. The van der Waals surface area contributed by atoms with Gasteiger partial charge in [0.2, 0.25) is 5.13 Å². The van der Waals surface area contributed by atoms with Crippen LogP contribution in [0.25, 0.3) is 0 Å². The lowest BCUT2D eigenvalue weighted by atomic mass is 9.94. The Balaban J connectivity index is 3.04. The van der Waals surface area contributed by atoms with Crippen LogP contribution < -0.4 is 5.84 Å². The standard InChI is InChI=1S/C11H15ClF2N2O/c1-10(2,3)16(15)9(17)8-7(13)5-4-6-11(8,12)14/h4-6,8H,15H2,1-3H3. The molecule has 0 aliphatic heterocycles. The number of rotatable bonds is 1. The molecule has 0 fully saturated rings. The molecule has 0 bridgehead atoms. The molecular weight excluding hydrogens is 250 g/mol. The van der Waals surface area contributed by atoms with Crippen molar-refractivity contribution in [2.75, 3.05) is 0 Å². The van der Waals surface area contributed by atoms with Gasteiger partial charge >= 0.3 is 0 Å². The number of hydrogen-bond donors (Lipinski definition) is 1. The molecule has 0 aromatic carbocycles. The molecule has 1 aliphatic rings. The third-order valence-corrected chi connectivity index (χ3v) is 2.79. The number of carbonyl (C=O) groups is 1. The van der Waals surface area contributed by atoms with Gasteiger partial charge in [0.05, 0.1) is 5.54 Å². The summed E-state index contributed by atoms with van der Waals surface area (Å²) in [5, 5.41) is -1.79. The maximum absolute atomic E-state index is 13.9. The van der Waals surface area contributed by atoms with E-state index in [2.05, 4.69) is 0 Å². The van der Waals surface area contributed by atoms with Crippen LogP contribution in [0.5, 0.6) is 0 Å². The van der Waals surface area contributed by atoms with E-state index < -0.39 is 28.3 Å². The van der Waals surface area contributed by atoms with Crippen LogP contribution in [0.1, 0.15) is 20.8 Å². The Morgan fingerprint density at radius 3 is 2.53 bits per heavy atom. The van der Waals surface area contributed by atoms with Gasteiger partial charge in [0.15, 0.2) is 0 Å². The number of nitrogens with zero attached hydrogens (tertiary/aromatic N) is 1. The molecule has 0 saturated heterocycles. The number of alkyl halides is 2. The van der Waals surface area contributed by atoms with Crippen LogP contribution in [0, 0.1) is 5.92 Å². The maximum Gasteiger partial charge on any atom is 0.251 e. The van der Waals surface area contributed by atoms with E-state index >= 15 is 0 Å². The molecule has 6 heteroatoms. The van der Waals surface area contributed by atoms with Gasteiger partial charge in [-0.25, -0.2) is 14.6 Å². The molecule has 0 aromatic rings. The number of hydrazine groups is 1. The summed E-state index contributed by atoms with van der Waals surface area (Å²) in [6, 6.07) is 0. The van der Waals surface area contributed by atoms with Crippen molar-refractivity contribution >= 4 is 17.5 Å². The Morgan fingerprint density at radius 1 is 1.59 bits per heavy atom. The minimum absolute atomic E-state index is 0.745. The number of hydrogen-bond acceptors (Lipinski definition) is 2. The predicted molar refractivity (Wildman–Crippen MR) is 62.3 cm³/mol. The molecule has 0 aromatic heterocycles. The largest absolute Gasteiger partial charge is 0.275 e. The molecule has 1 aliphatic carbocycles. The van der Waals surface area contributed by atoms with E-state index in [9.17, 15) is 13.6 Å². The van der Waals surface area contributed by atoms with Crippen LogP contribution in [-0.4, -0.2) is 21.6 Å². The first-order chi connectivity index (χ1) is 7.57. The third-order valence-electron chi connectivity index (χ3n) is 2.44. The Kier molecular flexibility index (Phi) is 3.64. The average Bonchev–Trinajstić information content (AvgIpc) is 2.13. The van der Waals surface area contributed by atoms with Gasteiger partial charge in [-0.2, -0.15) is 0 Å². The van der Waals surface area contributed by atoms with Gasteiger partial charge in [-0.15, -0.1) is 0 Å². The number of halogens is 3. The zero-order valence-corrected chi connectivity index (χ0v) is 10.6. The highest BCUT2D eigenvalue weighted by Gasteiger charge is 2.47. The molecule has 2 N–H and O–H groups in total. The number of nitrogens with two attached hydrogens (primary N) is 1. The average molecular weight is 265 g/mol. The highest BCUT2D eigenvalue weighted by atomic mass is 35.5. The van der Waals surface area contributed by atoms with E-state index in [0.717, 1.165) is 23.2 Å². The summed E-state index contributed by atoms with van der Waals surface area (Å²) in [6.45, 7) is 4.96. The van der Waals surface area contributed by atoms with E-state index in [-0.39, 0.29) is 0 Å². The van der Waals surface area contributed by atoms with Gasteiger partial charge in [-0.1, -0.05) is 17.7 Å². The summed E-state index contributed by atoms with van der Waals surface area (Å²) in [7, 11) is 0. The molecular formula is C11H15ClF2N2O. The van der Waals surface area contributed by atoms with Crippen molar-refractivity contribution < 1.29 is 13.6 Å². The summed E-state index contributed by atoms with van der Waals surface area (Å²) in [5.41, 5.74) is -0.745. The lowest BCUT2D eigenvalue weighted by Crippen LogP contribution is -2.55. The minimum atomic E-state index is -2.58. The van der Waals surface area contributed by atoms with Gasteiger partial charge in [-0.05, 0) is 32.9 Å². The third kappa shape index (κ3) is 2.84. The van der Waals surface area contributed by atoms with E-state index in [4.69, 9.17) is 17.4 Å². The molecule has 3 nitrogen and oxygen atoms in total. The van der Waals surface area contributed by atoms with E-state index in [0.29, 0.717) is 0 Å². The van der Waals surface area contributed by atoms with Gasteiger partial charge in [0, 0.05) is 0 Å². The molecule has 1 amide bonds. The molecule has 2 unspecified atom stereocenters. The van der Waals surface area contributed by atoms with Crippen LogP contribution in [0.4, 0.5) is 8.78 Å². The molecule has 17 heavy (non-hydrogen) atoms. The second-order valence-electron chi connectivity index (χ2n) is 4.90. The summed E-state index contributed by atoms with van der Waals surface area (Å²) in [4.78, 5) is 11.9. The number of amides is 1. The zero-order chi connectivity index (χ0) is 13.4. The lowest BCUT2D eigenvalue weighted by molar-refractivity contribution is -0.142. The van der Waals surface area contributed by atoms with Gasteiger partial charge in [0.1, 0.15) is 11.7 Å². The molecule has 0 spiro atoms. The molecule has 1 rings (SSSR count). The van der Waals surface area contributed by atoms with Crippen LogP contribution in [0.2, 0.25) is 0 Å². The first kappa shape index (κ1) is 14.1.